The predicted molar refractivity (Wildman–Crippen MR) is 75.1 cm³/mol. The van der Waals surface area contributed by atoms with Gasteiger partial charge in [-0.3, -0.25) is 0 Å². The average molecular weight is 240 g/mol. The zero-order chi connectivity index (χ0) is 13.1. The van der Waals surface area contributed by atoms with Crippen LogP contribution in [0, 0.1) is 17.3 Å². The SMILES string of the molecule is CCC[C@@]1(O)C[C@H](C)CC[C@@]1(CCC)C(C)C. The third-order valence-electron chi connectivity index (χ3n) is 5.16. The molecular formula is C16H32O. The summed E-state index contributed by atoms with van der Waals surface area (Å²) in [6, 6.07) is 0. The maximum atomic E-state index is 11.3. The standard InChI is InChI=1S/C16H32O/c1-6-9-15(13(3)4)11-8-14(5)12-16(15,17)10-7-2/h13-14,17H,6-12H2,1-5H3/t14-,15+,16-/m1/s1. The van der Waals surface area contributed by atoms with E-state index >= 15 is 0 Å². The van der Waals surface area contributed by atoms with Crippen LogP contribution >= 0.6 is 0 Å². The Balaban J connectivity index is 3.04. The van der Waals surface area contributed by atoms with Gasteiger partial charge in [0.05, 0.1) is 5.60 Å². The van der Waals surface area contributed by atoms with Crippen LogP contribution in [0.1, 0.15) is 79.6 Å². The van der Waals surface area contributed by atoms with Crippen LogP contribution in [0.3, 0.4) is 0 Å². The van der Waals surface area contributed by atoms with Gasteiger partial charge in [0.1, 0.15) is 0 Å². The molecule has 3 atom stereocenters. The van der Waals surface area contributed by atoms with Gasteiger partial charge in [0.25, 0.3) is 0 Å². The van der Waals surface area contributed by atoms with Crippen LogP contribution in [0.5, 0.6) is 0 Å². The quantitative estimate of drug-likeness (QED) is 0.733. The van der Waals surface area contributed by atoms with Gasteiger partial charge in [0.2, 0.25) is 0 Å². The van der Waals surface area contributed by atoms with Crippen molar-refractivity contribution in [1.29, 1.82) is 0 Å². The summed E-state index contributed by atoms with van der Waals surface area (Å²) in [5, 5.41) is 11.3. The molecule has 1 fully saturated rings. The van der Waals surface area contributed by atoms with Gasteiger partial charge < -0.3 is 5.11 Å². The molecule has 0 radical (unpaired) electrons. The van der Waals surface area contributed by atoms with Crippen molar-refractivity contribution in [2.24, 2.45) is 17.3 Å². The highest BCUT2D eigenvalue weighted by molar-refractivity contribution is 5.03. The molecule has 0 saturated heterocycles. The fourth-order valence-corrected chi connectivity index (χ4v) is 4.30. The second kappa shape index (κ2) is 5.73. The average Bonchev–Trinajstić information content (AvgIpc) is 2.22. The lowest BCUT2D eigenvalue weighted by atomic mass is 9.53. The van der Waals surface area contributed by atoms with Crippen LogP contribution in [-0.2, 0) is 0 Å². The van der Waals surface area contributed by atoms with Gasteiger partial charge in [-0.05, 0) is 43.9 Å². The summed E-state index contributed by atoms with van der Waals surface area (Å²) in [6.45, 7) is 11.4. The smallest absolute Gasteiger partial charge is 0.0708 e. The van der Waals surface area contributed by atoms with E-state index in [0.29, 0.717) is 11.8 Å². The fraction of sp³-hybridized carbons (Fsp3) is 1.00. The Labute approximate surface area is 108 Å². The Morgan fingerprint density at radius 3 is 2.24 bits per heavy atom. The van der Waals surface area contributed by atoms with Gasteiger partial charge in [0.15, 0.2) is 0 Å². The van der Waals surface area contributed by atoms with Gasteiger partial charge in [-0.2, -0.15) is 0 Å². The first-order valence-electron chi connectivity index (χ1n) is 7.64. The molecule has 1 aliphatic rings. The van der Waals surface area contributed by atoms with Crippen molar-refractivity contribution in [2.75, 3.05) is 0 Å². The van der Waals surface area contributed by atoms with E-state index < -0.39 is 5.60 Å². The summed E-state index contributed by atoms with van der Waals surface area (Å²) in [5.41, 5.74) is -0.242. The van der Waals surface area contributed by atoms with Crippen LogP contribution < -0.4 is 0 Å². The highest BCUT2D eigenvalue weighted by Crippen LogP contribution is 2.55. The fourth-order valence-electron chi connectivity index (χ4n) is 4.30. The molecule has 17 heavy (non-hydrogen) atoms. The van der Waals surface area contributed by atoms with Crippen LogP contribution in [0.2, 0.25) is 0 Å². The molecule has 1 nitrogen and oxygen atoms in total. The van der Waals surface area contributed by atoms with E-state index in [1.807, 2.05) is 0 Å². The molecule has 1 aliphatic carbocycles. The van der Waals surface area contributed by atoms with E-state index in [9.17, 15) is 5.11 Å². The van der Waals surface area contributed by atoms with E-state index in [0.717, 1.165) is 19.3 Å². The summed E-state index contributed by atoms with van der Waals surface area (Å²) in [7, 11) is 0. The minimum absolute atomic E-state index is 0.171. The Morgan fingerprint density at radius 2 is 1.76 bits per heavy atom. The number of aliphatic hydroxyl groups is 1. The van der Waals surface area contributed by atoms with Gasteiger partial charge in [-0.25, -0.2) is 0 Å². The molecule has 0 unspecified atom stereocenters. The van der Waals surface area contributed by atoms with Crippen molar-refractivity contribution in [1.82, 2.24) is 0 Å². The summed E-state index contributed by atoms with van der Waals surface area (Å²) in [5.74, 6) is 1.28. The van der Waals surface area contributed by atoms with Crippen molar-refractivity contribution in [3.8, 4) is 0 Å². The number of hydrogen-bond acceptors (Lipinski definition) is 1. The molecule has 1 rings (SSSR count). The topological polar surface area (TPSA) is 20.2 Å². The normalized spacial score (nSPS) is 38.6. The molecule has 0 spiro atoms. The Morgan fingerprint density at radius 1 is 1.18 bits per heavy atom. The zero-order valence-corrected chi connectivity index (χ0v) is 12.6. The summed E-state index contributed by atoms with van der Waals surface area (Å²) < 4.78 is 0. The Kier molecular flexibility index (Phi) is 5.07. The van der Waals surface area contributed by atoms with Crippen molar-refractivity contribution in [2.45, 2.75) is 85.2 Å². The lowest BCUT2D eigenvalue weighted by Gasteiger charge is -2.55. The van der Waals surface area contributed by atoms with Crippen LogP contribution in [0.15, 0.2) is 0 Å². The van der Waals surface area contributed by atoms with Crippen LogP contribution in [0.25, 0.3) is 0 Å². The van der Waals surface area contributed by atoms with Crippen LogP contribution in [-0.4, -0.2) is 10.7 Å². The number of rotatable bonds is 5. The molecule has 1 N–H and O–H groups in total. The molecule has 0 bridgehead atoms. The largest absolute Gasteiger partial charge is 0.389 e. The molecule has 0 aliphatic heterocycles. The van der Waals surface area contributed by atoms with E-state index in [4.69, 9.17) is 0 Å². The summed E-state index contributed by atoms with van der Waals surface area (Å²) in [4.78, 5) is 0. The molecule has 1 saturated carbocycles. The summed E-state index contributed by atoms with van der Waals surface area (Å²) in [6.07, 6.45) is 7.99. The lowest BCUT2D eigenvalue weighted by Crippen LogP contribution is -2.55. The van der Waals surface area contributed by atoms with E-state index in [2.05, 4.69) is 34.6 Å². The highest BCUT2D eigenvalue weighted by atomic mass is 16.3. The zero-order valence-electron chi connectivity index (χ0n) is 12.6. The molecule has 102 valence electrons. The Bertz CT molecular complexity index is 236. The minimum Gasteiger partial charge on any atom is -0.389 e. The third kappa shape index (κ3) is 2.70. The maximum Gasteiger partial charge on any atom is 0.0708 e. The molecule has 0 aromatic rings. The van der Waals surface area contributed by atoms with E-state index in [1.165, 1.54) is 25.7 Å². The van der Waals surface area contributed by atoms with Crippen molar-refractivity contribution >= 4 is 0 Å². The van der Waals surface area contributed by atoms with Crippen LogP contribution in [0.4, 0.5) is 0 Å². The lowest BCUT2D eigenvalue weighted by molar-refractivity contribution is -0.159. The first-order chi connectivity index (χ1) is 7.92. The second-order valence-corrected chi connectivity index (χ2v) is 6.69. The maximum absolute atomic E-state index is 11.3. The first-order valence-corrected chi connectivity index (χ1v) is 7.64. The molecule has 0 aromatic carbocycles. The molecule has 1 heteroatoms. The highest BCUT2D eigenvalue weighted by Gasteiger charge is 2.53. The monoisotopic (exact) mass is 240 g/mol. The predicted octanol–water partition coefficient (Wildman–Crippen LogP) is 4.78. The second-order valence-electron chi connectivity index (χ2n) is 6.69. The molecular weight excluding hydrogens is 208 g/mol. The van der Waals surface area contributed by atoms with Gasteiger partial charge in [-0.15, -0.1) is 0 Å². The Hall–Kier alpha value is -0.0400. The summed E-state index contributed by atoms with van der Waals surface area (Å²) >= 11 is 0. The van der Waals surface area contributed by atoms with Crippen molar-refractivity contribution in [3.05, 3.63) is 0 Å². The number of hydrogen-bond donors (Lipinski definition) is 1. The molecule has 0 aromatic heterocycles. The van der Waals surface area contributed by atoms with Crippen molar-refractivity contribution < 1.29 is 5.11 Å². The van der Waals surface area contributed by atoms with Gasteiger partial charge in [0, 0.05) is 5.41 Å². The van der Waals surface area contributed by atoms with Gasteiger partial charge >= 0.3 is 0 Å². The first kappa shape index (κ1) is 15.0. The van der Waals surface area contributed by atoms with E-state index in [-0.39, 0.29) is 5.41 Å². The van der Waals surface area contributed by atoms with E-state index in [1.54, 1.807) is 0 Å². The third-order valence-corrected chi connectivity index (χ3v) is 5.16. The minimum atomic E-state index is -0.413. The van der Waals surface area contributed by atoms with Gasteiger partial charge in [-0.1, -0.05) is 47.5 Å². The van der Waals surface area contributed by atoms with Crippen molar-refractivity contribution in [3.63, 3.8) is 0 Å². The molecule has 0 amide bonds. The molecule has 0 heterocycles.